The Morgan fingerprint density at radius 3 is 2.44 bits per heavy atom. The first-order chi connectivity index (χ1) is 7.58. The molecule has 0 amide bonds. The molecular weight excluding hydrogens is 194 g/mol. The van der Waals surface area contributed by atoms with Crippen LogP contribution in [0.15, 0.2) is 0 Å². The zero-order valence-corrected chi connectivity index (χ0v) is 11.1. The Balaban J connectivity index is 1.94. The lowest BCUT2D eigenvalue weighted by atomic mass is 9.43. The molecule has 2 N–H and O–H groups in total. The maximum atomic E-state index is 6.16. The molecule has 2 bridgehead atoms. The van der Waals surface area contributed by atoms with Gasteiger partial charge in [-0.3, -0.25) is 0 Å². The van der Waals surface area contributed by atoms with E-state index < -0.39 is 0 Å². The summed E-state index contributed by atoms with van der Waals surface area (Å²) in [7, 11) is 0. The number of nitrogens with two attached hydrogens (primary N) is 1. The molecule has 3 fully saturated rings. The summed E-state index contributed by atoms with van der Waals surface area (Å²) in [5, 5.41) is 0. The van der Waals surface area contributed by atoms with E-state index in [0.717, 1.165) is 42.1 Å². The van der Waals surface area contributed by atoms with Crippen molar-refractivity contribution in [1.29, 1.82) is 0 Å². The van der Waals surface area contributed by atoms with Crippen LogP contribution in [0, 0.1) is 40.9 Å². The van der Waals surface area contributed by atoms with Crippen molar-refractivity contribution in [2.45, 2.75) is 46.5 Å². The first-order valence-electron chi connectivity index (χ1n) is 7.28. The number of fused-ring (bicyclic) bond motifs is 4. The molecule has 0 aromatic heterocycles. The zero-order valence-electron chi connectivity index (χ0n) is 11.1. The fraction of sp³-hybridized carbons (Fsp3) is 1.00. The van der Waals surface area contributed by atoms with E-state index in [1.165, 1.54) is 25.7 Å². The van der Waals surface area contributed by atoms with Gasteiger partial charge in [-0.05, 0) is 73.2 Å². The van der Waals surface area contributed by atoms with Gasteiger partial charge in [-0.2, -0.15) is 0 Å². The second kappa shape index (κ2) is 3.48. The van der Waals surface area contributed by atoms with Crippen molar-refractivity contribution in [3.05, 3.63) is 0 Å². The van der Waals surface area contributed by atoms with Crippen molar-refractivity contribution in [2.24, 2.45) is 46.7 Å². The van der Waals surface area contributed by atoms with Gasteiger partial charge in [0.25, 0.3) is 0 Å². The summed E-state index contributed by atoms with van der Waals surface area (Å²) in [4.78, 5) is 0. The van der Waals surface area contributed by atoms with E-state index in [0.29, 0.717) is 5.41 Å². The van der Waals surface area contributed by atoms with Crippen molar-refractivity contribution in [1.82, 2.24) is 0 Å². The second-order valence-corrected chi connectivity index (χ2v) is 7.20. The molecule has 0 spiro atoms. The third-order valence-electron chi connectivity index (χ3n) is 7.01. The molecule has 0 radical (unpaired) electrons. The van der Waals surface area contributed by atoms with Crippen LogP contribution in [0.2, 0.25) is 0 Å². The molecule has 1 nitrogen and oxygen atoms in total. The van der Waals surface area contributed by atoms with E-state index in [9.17, 15) is 0 Å². The lowest BCUT2D eigenvalue weighted by molar-refractivity contribution is -0.130. The van der Waals surface area contributed by atoms with E-state index in [1.54, 1.807) is 0 Å². The average molecular weight is 221 g/mol. The van der Waals surface area contributed by atoms with Crippen LogP contribution in [0.4, 0.5) is 0 Å². The highest BCUT2D eigenvalue weighted by atomic mass is 14.7. The largest absolute Gasteiger partial charge is 0.330 e. The quantitative estimate of drug-likeness (QED) is 0.722. The molecule has 0 saturated heterocycles. The van der Waals surface area contributed by atoms with Crippen LogP contribution in [0.5, 0.6) is 0 Å². The monoisotopic (exact) mass is 221 g/mol. The number of hydrogen-bond acceptors (Lipinski definition) is 1. The Hall–Kier alpha value is -0.0400. The summed E-state index contributed by atoms with van der Waals surface area (Å²) in [6.45, 7) is 8.34. The van der Waals surface area contributed by atoms with Crippen molar-refractivity contribution < 1.29 is 0 Å². The molecule has 3 aliphatic carbocycles. The van der Waals surface area contributed by atoms with Gasteiger partial charge in [0, 0.05) is 0 Å². The molecule has 0 aliphatic heterocycles. The van der Waals surface area contributed by atoms with Gasteiger partial charge in [0.05, 0.1) is 0 Å². The summed E-state index contributed by atoms with van der Waals surface area (Å²) in [5.41, 5.74) is 6.59. The standard InChI is InChI=1S/C15H27N/c1-9-10(2)15(3,8-16)14-7-12(9)6-11-4-5-13(11)14/h9-14H,4-8,16H2,1-3H3. The van der Waals surface area contributed by atoms with Crippen LogP contribution in [-0.4, -0.2) is 6.54 Å². The Morgan fingerprint density at radius 1 is 1.12 bits per heavy atom. The van der Waals surface area contributed by atoms with E-state index >= 15 is 0 Å². The van der Waals surface area contributed by atoms with Gasteiger partial charge in [-0.15, -0.1) is 0 Å². The van der Waals surface area contributed by atoms with Crippen molar-refractivity contribution in [3.8, 4) is 0 Å². The van der Waals surface area contributed by atoms with E-state index in [-0.39, 0.29) is 0 Å². The van der Waals surface area contributed by atoms with Gasteiger partial charge in [0.2, 0.25) is 0 Å². The van der Waals surface area contributed by atoms with E-state index in [2.05, 4.69) is 20.8 Å². The third-order valence-corrected chi connectivity index (χ3v) is 7.01. The van der Waals surface area contributed by atoms with Crippen molar-refractivity contribution in [2.75, 3.05) is 6.54 Å². The molecular formula is C15H27N. The maximum Gasteiger partial charge on any atom is -0.00178 e. The second-order valence-electron chi connectivity index (χ2n) is 7.20. The summed E-state index contributed by atoms with van der Waals surface area (Å²) in [6, 6.07) is 0. The van der Waals surface area contributed by atoms with Crippen molar-refractivity contribution in [3.63, 3.8) is 0 Å². The van der Waals surface area contributed by atoms with Crippen LogP contribution >= 0.6 is 0 Å². The summed E-state index contributed by atoms with van der Waals surface area (Å²) in [6.07, 6.45) is 6.03. The maximum absolute atomic E-state index is 6.16. The predicted molar refractivity (Wildman–Crippen MR) is 67.9 cm³/mol. The average Bonchev–Trinajstić information content (AvgIpc) is 2.25. The summed E-state index contributed by atoms with van der Waals surface area (Å²) in [5.74, 6) is 5.79. The molecule has 16 heavy (non-hydrogen) atoms. The molecule has 0 heterocycles. The smallest absolute Gasteiger partial charge is 0.00178 e. The first-order valence-corrected chi connectivity index (χ1v) is 7.28. The molecule has 92 valence electrons. The van der Waals surface area contributed by atoms with Gasteiger partial charge in [0.1, 0.15) is 0 Å². The summed E-state index contributed by atoms with van der Waals surface area (Å²) < 4.78 is 0. The van der Waals surface area contributed by atoms with Crippen LogP contribution in [-0.2, 0) is 0 Å². The van der Waals surface area contributed by atoms with Crippen molar-refractivity contribution >= 4 is 0 Å². The van der Waals surface area contributed by atoms with Gasteiger partial charge in [-0.25, -0.2) is 0 Å². The van der Waals surface area contributed by atoms with Crippen LogP contribution in [0.3, 0.4) is 0 Å². The highest BCUT2D eigenvalue weighted by molar-refractivity contribution is 5.06. The topological polar surface area (TPSA) is 26.0 Å². The fourth-order valence-electron chi connectivity index (χ4n) is 5.27. The van der Waals surface area contributed by atoms with Gasteiger partial charge in [-0.1, -0.05) is 20.8 Å². The molecule has 3 aliphatic rings. The normalized spacial score (nSPS) is 60.0. The van der Waals surface area contributed by atoms with Crippen LogP contribution in [0.1, 0.15) is 46.5 Å². The predicted octanol–water partition coefficient (Wildman–Crippen LogP) is 3.29. The Morgan fingerprint density at radius 2 is 1.88 bits per heavy atom. The fourth-order valence-corrected chi connectivity index (χ4v) is 5.27. The van der Waals surface area contributed by atoms with Crippen LogP contribution < -0.4 is 5.73 Å². The molecule has 3 rings (SSSR count). The SMILES string of the molecule is CC1C2CC3CCC3C(C2)C(C)(CN)C1C. The van der Waals surface area contributed by atoms with Gasteiger partial charge >= 0.3 is 0 Å². The zero-order chi connectivity index (χ0) is 11.5. The van der Waals surface area contributed by atoms with Gasteiger partial charge < -0.3 is 5.73 Å². The number of rotatable bonds is 1. The molecule has 3 saturated carbocycles. The third kappa shape index (κ3) is 1.21. The number of hydrogen-bond donors (Lipinski definition) is 1. The molecule has 7 unspecified atom stereocenters. The minimum Gasteiger partial charge on any atom is -0.330 e. The molecule has 1 heteroatoms. The Labute approximate surface area is 100 Å². The van der Waals surface area contributed by atoms with E-state index in [1.807, 2.05) is 0 Å². The minimum atomic E-state index is 0.430. The highest BCUT2D eigenvalue weighted by Gasteiger charge is 2.56. The lowest BCUT2D eigenvalue weighted by Crippen LogP contribution is -2.58. The van der Waals surface area contributed by atoms with E-state index in [4.69, 9.17) is 5.73 Å². The molecule has 7 atom stereocenters. The Bertz CT molecular complexity index is 287. The van der Waals surface area contributed by atoms with Crippen LogP contribution in [0.25, 0.3) is 0 Å². The summed E-state index contributed by atoms with van der Waals surface area (Å²) >= 11 is 0. The lowest BCUT2D eigenvalue weighted by Gasteiger charge is -2.62. The Kier molecular flexibility index (Phi) is 2.41. The highest BCUT2D eigenvalue weighted by Crippen LogP contribution is 2.63. The molecule has 0 aromatic rings. The minimum absolute atomic E-state index is 0.430. The first kappa shape index (κ1) is 11.1. The van der Waals surface area contributed by atoms with Gasteiger partial charge in [0.15, 0.2) is 0 Å². The molecule has 0 aromatic carbocycles.